The zero-order chi connectivity index (χ0) is 21.8. The van der Waals surface area contributed by atoms with E-state index in [1.54, 1.807) is 24.3 Å². The lowest BCUT2D eigenvalue weighted by Crippen LogP contribution is -2.86. The van der Waals surface area contributed by atoms with Crippen molar-refractivity contribution in [3.8, 4) is 0 Å². The van der Waals surface area contributed by atoms with Crippen molar-refractivity contribution in [2.24, 2.45) is 0 Å². The number of nitrogens with one attached hydrogen (secondary N) is 1. The summed E-state index contributed by atoms with van der Waals surface area (Å²) in [6, 6.07) is 8.07. The number of carbonyl (C=O) groups excluding carboxylic acids is 1. The Balaban J connectivity index is 1.43. The van der Waals surface area contributed by atoms with Gasteiger partial charge in [0.25, 0.3) is 0 Å². The Bertz CT molecular complexity index is 914. The van der Waals surface area contributed by atoms with E-state index in [0.717, 1.165) is 38.0 Å². The average molecular weight is 423 g/mol. The number of likely N-dealkylation sites (N-methyl/N-ethyl adjacent to an activating group) is 1. The molecule has 2 aromatic rings. The number of benzene rings is 1. The van der Waals surface area contributed by atoms with E-state index in [4.69, 9.17) is 11.1 Å². The number of aldehydes is 1. The maximum absolute atomic E-state index is 10.9. The van der Waals surface area contributed by atoms with Gasteiger partial charge in [-0.2, -0.15) is 4.98 Å². The van der Waals surface area contributed by atoms with E-state index in [0.29, 0.717) is 34.6 Å². The number of nitrogens with zero attached hydrogens (tertiary/aromatic N) is 4. The summed E-state index contributed by atoms with van der Waals surface area (Å²) in [4.78, 5) is 24.6. The number of carbonyl (C=O) groups is 1. The van der Waals surface area contributed by atoms with Gasteiger partial charge in [-0.25, -0.2) is 4.98 Å². The van der Waals surface area contributed by atoms with E-state index in [-0.39, 0.29) is 5.71 Å². The smallest absolute Gasteiger partial charge is 0.239 e. The van der Waals surface area contributed by atoms with Gasteiger partial charge < -0.3 is 10.6 Å². The SMILES string of the molecule is CN1CCN(C2CCC([NH2+]c3ncnc(N)c3C(=N)c3ccc(C=O)cc3)CC2)CC1. The first-order valence-corrected chi connectivity index (χ1v) is 11.1. The molecular weight excluding hydrogens is 390 g/mol. The van der Waals surface area contributed by atoms with Gasteiger partial charge in [-0.15, -0.1) is 0 Å². The Morgan fingerprint density at radius 1 is 1.10 bits per heavy atom. The van der Waals surface area contributed by atoms with Crippen molar-refractivity contribution in [1.82, 2.24) is 19.8 Å². The van der Waals surface area contributed by atoms with E-state index < -0.39 is 0 Å². The Kier molecular flexibility index (Phi) is 6.70. The van der Waals surface area contributed by atoms with Crippen molar-refractivity contribution in [1.29, 1.82) is 5.41 Å². The highest BCUT2D eigenvalue weighted by atomic mass is 16.1. The molecule has 8 nitrogen and oxygen atoms in total. The lowest BCUT2D eigenvalue weighted by molar-refractivity contribution is -0.618. The minimum absolute atomic E-state index is 0.285. The van der Waals surface area contributed by atoms with Crippen molar-refractivity contribution >= 4 is 23.6 Å². The number of hydrogen-bond donors (Lipinski definition) is 3. The number of hydrogen-bond acceptors (Lipinski definition) is 7. The monoisotopic (exact) mass is 422 g/mol. The second-order valence-corrected chi connectivity index (χ2v) is 8.71. The Labute approximate surface area is 183 Å². The summed E-state index contributed by atoms with van der Waals surface area (Å²) in [5, 5.41) is 10.9. The number of nitrogen functional groups attached to an aromatic ring is 1. The zero-order valence-corrected chi connectivity index (χ0v) is 18.1. The van der Waals surface area contributed by atoms with Gasteiger partial charge in [0.1, 0.15) is 24.0 Å². The van der Waals surface area contributed by atoms with Crippen molar-refractivity contribution in [2.45, 2.75) is 37.8 Å². The van der Waals surface area contributed by atoms with E-state index in [2.05, 4.69) is 32.1 Å². The predicted octanol–water partition coefficient (Wildman–Crippen LogP) is 1.04. The summed E-state index contributed by atoms with van der Waals surface area (Å²) in [6.07, 6.45) is 6.93. The number of anilines is 1. The van der Waals surface area contributed by atoms with Crippen molar-refractivity contribution in [3.63, 3.8) is 0 Å². The molecule has 1 aliphatic carbocycles. The largest absolute Gasteiger partial charge is 0.383 e. The summed E-state index contributed by atoms with van der Waals surface area (Å²) >= 11 is 0. The molecule has 2 aliphatic rings. The van der Waals surface area contributed by atoms with Crippen LogP contribution in [-0.4, -0.2) is 77.1 Å². The van der Waals surface area contributed by atoms with Crippen LogP contribution in [0.25, 0.3) is 0 Å². The molecule has 1 saturated heterocycles. The molecule has 0 unspecified atom stereocenters. The van der Waals surface area contributed by atoms with Crippen LogP contribution in [0.3, 0.4) is 0 Å². The van der Waals surface area contributed by atoms with Gasteiger partial charge in [0.15, 0.2) is 0 Å². The summed E-state index contributed by atoms with van der Waals surface area (Å²) in [5.74, 6) is 1.05. The van der Waals surface area contributed by atoms with E-state index >= 15 is 0 Å². The molecule has 5 N–H and O–H groups in total. The third kappa shape index (κ3) is 4.98. The molecule has 0 bridgehead atoms. The van der Waals surface area contributed by atoms with Crippen LogP contribution >= 0.6 is 0 Å². The van der Waals surface area contributed by atoms with Crippen LogP contribution in [0.4, 0.5) is 11.6 Å². The van der Waals surface area contributed by atoms with E-state index in [1.807, 2.05) is 0 Å². The minimum Gasteiger partial charge on any atom is -0.383 e. The van der Waals surface area contributed by atoms with E-state index in [9.17, 15) is 4.79 Å². The van der Waals surface area contributed by atoms with Crippen LogP contribution in [-0.2, 0) is 0 Å². The van der Waals surface area contributed by atoms with Gasteiger partial charge >= 0.3 is 0 Å². The third-order valence-electron chi connectivity index (χ3n) is 6.68. The first-order chi connectivity index (χ1) is 15.0. The number of nitrogens with two attached hydrogens (primary N) is 2. The van der Waals surface area contributed by atoms with Gasteiger partial charge in [-0.3, -0.25) is 20.4 Å². The van der Waals surface area contributed by atoms with Crippen LogP contribution in [0, 0.1) is 5.41 Å². The first kappa shape index (κ1) is 21.5. The lowest BCUT2D eigenvalue weighted by atomic mass is 9.89. The second kappa shape index (κ2) is 9.64. The summed E-state index contributed by atoms with van der Waals surface area (Å²) in [6.45, 7) is 4.65. The molecule has 2 heterocycles. The Hall–Kier alpha value is -2.68. The van der Waals surface area contributed by atoms with Crippen molar-refractivity contribution in [3.05, 3.63) is 47.3 Å². The predicted molar refractivity (Wildman–Crippen MR) is 121 cm³/mol. The molecule has 31 heavy (non-hydrogen) atoms. The molecule has 0 amide bonds. The fraction of sp³-hybridized carbons (Fsp3) is 0.478. The lowest BCUT2D eigenvalue weighted by Gasteiger charge is -2.40. The van der Waals surface area contributed by atoms with Crippen molar-refractivity contribution in [2.75, 3.05) is 39.0 Å². The van der Waals surface area contributed by atoms with Crippen LogP contribution < -0.4 is 11.1 Å². The molecule has 0 radical (unpaired) electrons. The van der Waals surface area contributed by atoms with Gasteiger partial charge in [0.2, 0.25) is 5.82 Å². The van der Waals surface area contributed by atoms with Crippen LogP contribution in [0.5, 0.6) is 0 Å². The van der Waals surface area contributed by atoms with Gasteiger partial charge in [-0.1, -0.05) is 24.3 Å². The third-order valence-corrected chi connectivity index (χ3v) is 6.68. The maximum atomic E-state index is 10.9. The fourth-order valence-electron chi connectivity index (χ4n) is 4.71. The Morgan fingerprint density at radius 3 is 2.42 bits per heavy atom. The molecular formula is C23H32N7O+. The maximum Gasteiger partial charge on any atom is 0.239 e. The standard InChI is InChI=1S/C23H31N7O/c1-29-10-12-30(13-11-29)19-8-6-18(7-9-19)28-23-20(22(25)26-15-27-23)21(24)17-4-2-16(14-31)3-5-17/h2-5,14-15,18-19,24H,6-13H2,1H3,(H3,25,26,27,28)/p+1. The summed E-state index contributed by atoms with van der Waals surface area (Å²) in [5.41, 5.74) is 8.31. The number of quaternary nitrogens is 1. The highest BCUT2D eigenvalue weighted by Crippen LogP contribution is 2.24. The fourth-order valence-corrected chi connectivity index (χ4v) is 4.71. The molecule has 1 aliphatic heterocycles. The molecule has 1 aromatic carbocycles. The summed E-state index contributed by atoms with van der Waals surface area (Å²) < 4.78 is 0. The molecule has 164 valence electrons. The molecule has 0 atom stereocenters. The molecule has 0 spiro atoms. The minimum atomic E-state index is 0.285. The van der Waals surface area contributed by atoms with Gasteiger partial charge in [0, 0.05) is 56.2 Å². The second-order valence-electron chi connectivity index (χ2n) is 8.71. The topological polar surface area (TPSA) is 116 Å². The molecule has 1 aromatic heterocycles. The number of rotatable bonds is 6. The molecule has 4 rings (SSSR count). The average Bonchev–Trinajstić information content (AvgIpc) is 2.80. The quantitative estimate of drug-likeness (QED) is 0.473. The van der Waals surface area contributed by atoms with Crippen LogP contribution in [0.15, 0.2) is 30.6 Å². The summed E-state index contributed by atoms with van der Waals surface area (Å²) in [7, 11) is 2.20. The van der Waals surface area contributed by atoms with Crippen LogP contribution in [0.1, 0.15) is 47.2 Å². The first-order valence-electron chi connectivity index (χ1n) is 11.1. The number of aromatic nitrogens is 2. The normalized spacial score (nSPS) is 22.9. The zero-order valence-electron chi connectivity index (χ0n) is 18.1. The highest BCUT2D eigenvalue weighted by molar-refractivity contribution is 6.15. The molecule has 1 saturated carbocycles. The van der Waals surface area contributed by atoms with Crippen molar-refractivity contribution < 1.29 is 10.1 Å². The highest BCUT2D eigenvalue weighted by Gasteiger charge is 2.30. The van der Waals surface area contributed by atoms with E-state index in [1.165, 1.54) is 32.3 Å². The van der Waals surface area contributed by atoms with Gasteiger partial charge in [-0.05, 0) is 19.9 Å². The van der Waals surface area contributed by atoms with Crippen LogP contribution in [0.2, 0.25) is 0 Å². The number of piperazine rings is 1. The Morgan fingerprint density at radius 2 is 1.77 bits per heavy atom. The molecule has 2 fully saturated rings. The van der Waals surface area contributed by atoms with Gasteiger partial charge in [0.05, 0.1) is 11.8 Å². The molecule has 8 heteroatoms.